The predicted molar refractivity (Wildman–Crippen MR) is 72.7 cm³/mol. The number of carbonyl (C=O) groups is 1. The summed E-state index contributed by atoms with van der Waals surface area (Å²) >= 11 is 1.81. The van der Waals surface area contributed by atoms with Gasteiger partial charge in [0, 0.05) is 21.6 Å². The van der Waals surface area contributed by atoms with E-state index in [1.54, 1.807) is 0 Å². The highest BCUT2D eigenvalue weighted by molar-refractivity contribution is 8.04. The largest absolute Gasteiger partial charge is 0.293 e. The maximum absolute atomic E-state index is 12.2. The number of Topliss-reactive ketones (excluding diaryl/α,β-unsaturated/α-hetero) is 1. The molecule has 86 valence electrons. The summed E-state index contributed by atoms with van der Waals surface area (Å²) < 4.78 is 0. The molecule has 1 aliphatic heterocycles. The molecule has 1 aromatic carbocycles. The Morgan fingerprint density at radius 2 is 1.82 bits per heavy atom. The van der Waals surface area contributed by atoms with Crippen LogP contribution in [0.25, 0.3) is 5.57 Å². The normalized spacial score (nSPS) is 27.4. The van der Waals surface area contributed by atoms with Gasteiger partial charge in [-0.1, -0.05) is 43.3 Å². The van der Waals surface area contributed by atoms with Gasteiger partial charge in [-0.05, 0) is 18.1 Å². The van der Waals surface area contributed by atoms with E-state index in [9.17, 15) is 4.79 Å². The standard InChI is InChI=1S/C15H14OS/c1-9-8-12-14(15(9)16)13(10(2)17-12)11-6-4-3-5-7-11/h3-10H,1-2H3. The average Bonchev–Trinajstić information content (AvgIpc) is 2.77. The summed E-state index contributed by atoms with van der Waals surface area (Å²) in [6, 6.07) is 10.3. The molecule has 0 amide bonds. The zero-order valence-corrected chi connectivity index (χ0v) is 10.8. The first-order chi connectivity index (χ1) is 8.18. The number of fused-ring (bicyclic) bond motifs is 1. The van der Waals surface area contributed by atoms with Crippen LogP contribution in [0.2, 0.25) is 0 Å². The molecule has 3 rings (SSSR count). The monoisotopic (exact) mass is 242 g/mol. The predicted octanol–water partition coefficient (Wildman–Crippen LogP) is 3.68. The first kappa shape index (κ1) is 10.8. The molecule has 1 heterocycles. The Hall–Kier alpha value is -1.28. The molecule has 2 atom stereocenters. The summed E-state index contributed by atoms with van der Waals surface area (Å²) in [5.41, 5.74) is 3.38. The van der Waals surface area contributed by atoms with Crippen molar-refractivity contribution in [3.63, 3.8) is 0 Å². The third kappa shape index (κ3) is 1.59. The Morgan fingerprint density at radius 1 is 1.12 bits per heavy atom. The highest BCUT2D eigenvalue weighted by atomic mass is 32.2. The van der Waals surface area contributed by atoms with Gasteiger partial charge >= 0.3 is 0 Å². The van der Waals surface area contributed by atoms with Crippen LogP contribution in [-0.4, -0.2) is 11.0 Å². The third-order valence-electron chi connectivity index (χ3n) is 3.37. The van der Waals surface area contributed by atoms with E-state index in [-0.39, 0.29) is 11.7 Å². The van der Waals surface area contributed by atoms with E-state index >= 15 is 0 Å². The Bertz CT molecular complexity index is 539. The van der Waals surface area contributed by atoms with Crippen LogP contribution >= 0.6 is 11.8 Å². The van der Waals surface area contributed by atoms with Crippen molar-refractivity contribution in [2.24, 2.45) is 5.92 Å². The zero-order chi connectivity index (χ0) is 12.0. The van der Waals surface area contributed by atoms with Gasteiger partial charge in [0.1, 0.15) is 0 Å². The second kappa shape index (κ2) is 3.88. The number of carbonyl (C=O) groups excluding carboxylic acids is 1. The molecule has 0 saturated heterocycles. The minimum Gasteiger partial charge on any atom is -0.293 e. The van der Waals surface area contributed by atoms with Crippen molar-refractivity contribution in [2.45, 2.75) is 19.1 Å². The van der Waals surface area contributed by atoms with Crippen molar-refractivity contribution < 1.29 is 4.79 Å². The third-order valence-corrected chi connectivity index (χ3v) is 4.56. The molecular formula is C15H14OS. The smallest absolute Gasteiger partial charge is 0.170 e. The van der Waals surface area contributed by atoms with Crippen molar-refractivity contribution in [3.8, 4) is 0 Å². The van der Waals surface area contributed by atoms with Gasteiger partial charge < -0.3 is 0 Å². The quantitative estimate of drug-likeness (QED) is 0.747. The topological polar surface area (TPSA) is 17.1 Å². The van der Waals surface area contributed by atoms with E-state index in [2.05, 4.69) is 25.1 Å². The fourth-order valence-corrected chi connectivity index (χ4v) is 3.91. The van der Waals surface area contributed by atoms with Gasteiger partial charge in [0.15, 0.2) is 5.78 Å². The SMILES string of the molecule is CC1C=C2SC(C)C(c3ccccc3)=C2C1=O. The molecule has 1 aromatic rings. The number of hydrogen-bond acceptors (Lipinski definition) is 2. The minimum absolute atomic E-state index is 0.0544. The lowest BCUT2D eigenvalue weighted by molar-refractivity contribution is -0.116. The summed E-state index contributed by atoms with van der Waals surface area (Å²) in [5, 5.41) is 0.384. The molecule has 2 heteroatoms. The van der Waals surface area contributed by atoms with E-state index in [4.69, 9.17) is 0 Å². The van der Waals surface area contributed by atoms with Crippen molar-refractivity contribution in [1.29, 1.82) is 0 Å². The number of rotatable bonds is 1. The molecular weight excluding hydrogens is 228 g/mol. The van der Waals surface area contributed by atoms with Crippen LogP contribution in [0.3, 0.4) is 0 Å². The summed E-state index contributed by atoms with van der Waals surface area (Å²) in [6.45, 7) is 4.16. The van der Waals surface area contributed by atoms with Gasteiger partial charge in [-0.15, -0.1) is 11.8 Å². The molecule has 0 saturated carbocycles. The van der Waals surface area contributed by atoms with Crippen LogP contribution in [0.5, 0.6) is 0 Å². The van der Waals surface area contributed by atoms with Gasteiger partial charge in [0.2, 0.25) is 0 Å². The number of ketones is 1. The first-order valence-corrected chi connectivity index (χ1v) is 6.79. The summed E-state index contributed by atoms with van der Waals surface area (Å²) in [6.07, 6.45) is 2.11. The second-order valence-corrected chi connectivity index (χ2v) is 5.98. The van der Waals surface area contributed by atoms with Gasteiger partial charge in [-0.2, -0.15) is 0 Å². The van der Waals surface area contributed by atoms with Crippen LogP contribution in [0.15, 0.2) is 46.9 Å². The Morgan fingerprint density at radius 3 is 2.53 bits per heavy atom. The van der Waals surface area contributed by atoms with E-state index in [0.717, 1.165) is 5.57 Å². The van der Waals surface area contributed by atoms with Gasteiger partial charge in [0.25, 0.3) is 0 Å². The molecule has 0 bridgehead atoms. The lowest BCUT2D eigenvalue weighted by Gasteiger charge is -2.10. The number of allylic oxidation sites excluding steroid dienone is 2. The first-order valence-electron chi connectivity index (χ1n) is 5.91. The summed E-state index contributed by atoms with van der Waals surface area (Å²) in [5.74, 6) is 0.342. The molecule has 0 fully saturated rings. The second-order valence-electron chi connectivity index (χ2n) is 4.60. The number of benzene rings is 1. The van der Waals surface area contributed by atoms with Crippen LogP contribution in [-0.2, 0) is 4.79 Å². The van der Waals surface area contributed by atoms with Crippen LogP contribution in [0.4, 0.5) is 0 Å². The van der Waals surface area contributed by atoms with Crippen molar-refractivity contribution >= 4 is 23.1 Å². The molecule has 17 heavy (non-hydrogen) atoms. The lowest BCUT2D eigenvalue weighted by atomic mass is 9.95. The molecule has 1 nitrogen and oxygen atoms in total. The molecule has 0 radical (unpaired) electrons. The Kier molecular flexibility index (Phi) is 2.48. The molecule has 0 N–H and O–H groups in total. The molecule has 0 aromatic heterocycles. The number of thioether (sulfide) groups is 1. The summed E-state index contributed by atoms with van der Waals surface area (Å²) in [4.78, 5) is 13.4. The van der Waals surface area contributed by atoms with Crippen LogP contribution in [0, 0.1) is 5.92 Å². The van der Waals surface area contributed by atoms with Gasteiger partial charge in [0.05, 0.1) is 0 Å². The zero-order valence-electron chi connectivity index (χ0n) is 9.94. The highest BCUT2D eigenvalue weighted by Crippen LogP contribution is 2.50. The van der Waals surface area contributed by atoms with E-state index in [1.807, 2.05) is 36.9 Å². The highest BCUT2D eigenvalue weighted by Gasteiger charge is 2.37. The van der Waals surface area contributed by atoms with Gasteiger partial charge in [-0.25, -0.2) is 0 Å². The maximum atomic E-state index is 12.2. The van der Waals surface area contributed by atoms with Crippen molar-refractivity contribution in [3.05, 3.63) is 52.4 Å². The maximum Gasteiger partial charge on any atom is 0.170 e. The fraction of sp³-hybridized carbons (Fsp3) is 0.267. The molecule has 2 unspecified atom stereocenters. The van der Waals surface area contributed by atoms with Crippen LogP contribution in [0.1, 0.15) is 19.4 Å². The summed E-state index contributed by atoms with van der Waals surface area (Å²) in [7, 11) is 0. The van der Waals surface area contributed by atoms with Crippen molar-refractivity contribution in [2.75, 3.05) is 0 Å². The van der Waals surface area contributed by atoms with Gasteiger partial charge in [-0.3, -0.25) is 4.79 Å². The Balaban J connectivity index is 2.18. The molecule has 2 aliphatic rings. The Labute approximate surface area is 106 Å². The fourth-order valence-electron chi connectivity index (χ4n) is 2.55. The van der Waals surface area contributed by atoms with E-state index < -0.39 is 0 Å². The van der Waals surface area contributed by atoms with Crippen molar-refractivity contribution in [1.82, 2.24) is 0 Å². The minimum atomic E-state index is 0.0544. The van der Waals surface area contributed by atoms with Crippen LogP contribution < -0.4 is 0 Å². The number of hydrogen-bond donors (Lipinski definition) is 0. The molecule has 0 spiro atoms. The lowest BCUT2D eigenvalue weighted by Crippen LogP contribution is -2.07. The average molecular weight is 242 g/mol. The van der Waals surface area contributed by atoms with E-state index in [1.165, 1.54) is 16.0 Å². The van der Waals surface area contributed by atoms with E-state index in [0.29, 0.717) is 5.25 Å². The molecule has 1 aliphatic carbocycles.